The average molecular weight is 442 g/mol. The predicted octanol–water partition coefficient (Wildman–Crippen LogP) is 4.12. The van der Waals surface area contributed by atoms with E-state index in [9.17, 15) is 13.2 Å². The number of nitrogens with one attached hydrogen (secondary N) is 1. The zero-order valence-electron chi connectivity index (χ0n) is 17.3. The van der Waals surface area contributed by atoms with Crippen molar-refractivity contribution in [2.75, 3.05) is 18.4 Å². The van der Waals surface area contributed by atoms with Crippen LogP contribution in [0.5, 0.6) is 11.6 Å². The van der Waals surface area contributed by atoms with Crippen LogP contribution in [0.15, 0.2) is 58.0 Å². The Morgan fingerprint density at radius 3 is 2.45 bits per heavy atom. The summed E-state index contributed by atoms with van der Waals surface area (Å²) in [6.45, 7) is 4.50. The summed E-state index contributed by atoms with van der Waals surface area (Å²) in [7, 11) is -3.66. The molecule has 1 aromatic carbocycles. The minimum Gasteiger partial charge on any atom is -0.455 e. The smallest absolute Gasteiger partial charge is 0.291 e. The number of nitrogens with zero attached hydrogens (tertiary/aromatic N) is 2. The maximum absolute atomic E-state index is 12.8. The van der Waals surface area contributed by atoms with E-state index in [2.05, 4.69) is 10.3 Å². The fourth-order valence-corrected chi connectivity index (χ4v) is 5.01. The summed E-state index contributed by atoms with van der Waals surface area (Å²) in [6, 6.07) is 12.1. The minimum absolute atomic E-state index is 0.0273. The molecule has 1 aliphatic heterocycles. The first kappa shape index (κ1) is 21.1. The number of sulfonamides is 1. The van der Waals surface area contributed by atoms with E-state index < -0.39 is 15.9 Å². The molecule has 9 heteroatoms. The first-order valence-electron chi connectivity index (χ1n) is 9.95. The zero-order chi connectivity index (χ0) is 22.0. The lowest BCUT2D eigenvalue weighted by atomic mass is 10.2. The zero-order valence-corrected chi connectivity index (χ0v) is 18.1. The molecule has 1 N–H and O–H groups in total. The van der Waals surface area contributed by atoms with Gasteiger partial charge in [0.2, 0.25) is 15.9 Å². The quantitative estimate of drug-likeness (QED) is 0.617. The third kappa shape index (κ3) is 4.62. The Bertz CT molecular complexity index is 1180. The number of amides is 1. The number of pyridine rings is 1. The second-order valence-electron chi connectivity index (χ2n) is 7.40. The largest absolute Gasteiger partial charge is 0.455 e. The van der Waals surface area contributed by atoms with Gasteiger partial charge in [-0.25, -0.2) is 13.4 Å². The van der Waals surface area contributed by atoms with Gasteiger partial charge in [0.15, 0.2) is 5.76 Å². The molecule has 0 bridgehead atoms. The highest BCUT2D eigenvalue weighted by molar-refractivity contribution is 7.89. The molecular formula is C22H23N3O5S. The molecule has 1 saturated heterocycles. The molecule has 1 aliphatic rings. The van der Waals surface area contributed by atoms with Crippen molar-refractivity contribution in [2.24, 2.45) is 0 Å². The molecule has 1 amide bonds. The molecule has 8 nitrogen and oxygen atoms in total. The van der Waals surface area contributed by atoms with Gasteiger partial charge >= 0.3 is 0 Å². The third-order valence-electron chi connectivity index (χ3n) is 5.02. The van der Waals surface area contributed by atoms with Gasteiger partial charge in [-0.3, -0.25) is 4.79 Å². The van der Waals surface area contributed by atoms with Crippen molar-refractivity contribution < 1.29 is 22.4 Å². The number of furan rings is 1. The van der Waals surface area contributed by atoms with E-state index in [1.54, 1.807) is 19.1 Å². The summed E-state index contributed by atoms with van der Waals surface area (Å²) < 4.78 is 38.1. The van der Waals surface area contributed by atoms with Crippen LogP contribution in [0.4, 0.5) is 5.69 Å². The minimum atomic E-state index is -3.66. The number of rotatable bonds is 6. The number of carbonyl (C=O) groups excluding carboxylic acids is 1. The molecule has 0 atom stereocenters. The standard InChI is InChI=1S/C22H23N3O5S/c1-15-5-8-18(9-6-15)30-21-10-7-17(14-23-21)24-22(26)19-13-20(16(2)29-19)31(27,28)25-11-3-4-12-25/h5-10,13-14H,3-4,11-12H2,1-2H3,(H,24,26). The molecule has 3 heterocycles. The van der Waals surface area contributed by atoms with E-state index >= 15 is 0 Å². The van der Waals surface area contributed by atoms with Gasteiger partial charge in [-0.2, -0.15) is 4.31 Å². The summed E-state index contributed by atoms with van der Waals surface area (Å²) in [4.78, 5) is 16.8. The number of carbonyl (C=O) groups is 1. The number of aromatic nitrogens is 1. The first-order chi connectivity index (χ1) is 14.8. The molecule has 162 valence electrons. The van der Waals surface area contributed by atoms with Gasteiger partial charge in [-0.05, 0) is 44.9 Å². The second-order valence-corrected chi connectivity index (χ2v) is 9.30. The van der Waals surface area contributed by atoms with E-state index in [0.717, 1.165) is 18.4 Å². The number of aryl methyl sites for hydroxylation is 2. The van der Waals surface area contributed by atoms with Crippen LogP contribution < -0.4 is 10.1 Å². The van der Waals surface area contributed by atoms with Gasteiger partial charge in [0.1, 0.15) is 16.4 Å². The lowest BCUT2D eigenvalue weighted by Crippen LogP contribution is -2.28. The van der Waals surface area contributed by atoms with Crippen LogP contribution in [-0.4, -0.2) is 36.7 Å². The van der Waals surface area contributed by atoms with Crippen LogP contribution in [0.2, 0.25) is 0 Å². The lowest BCUT2D eigenvalue weighted by molar-refractivity contribution is 0.0995. The highest BCUT2D eigenvalue weighted by Crippen LogP contribution is 2.27. The highest BCUT2D eigenvalue weighted by Gasteiger charge is 2.31. The number of anilines is 1. The molecular weight excluding hydrogens is 418 g/mol. The number of hydrogen-bond donors (Lipinski definition) is 1. The van der Waals surface area contributed by atoms with Crippen molar-refractivity contribution in [1.82, 2.24) is 9.29 Å². The fourth-order valence-electron chi connectivity index (χ4n) is 3.34. The summed E-state index contributed by atoms with van der Waals surface area (Å²) in [5.74, 6) is 0.606. The molecule has 3 aromatic rings. The molecule has 0 saturated carbocycles. The monoisotopic (exact) mass is 441 g/mol. The fraction of sp³-hybridized carbons (Fsp3) is 0.273. The summed E-state index contributed by atoms with van der Waals surface area (Å²) in [5, 5.41) is 2.66. The maximum atomic E-state index is 12.8. The van der Waals surface area contributed by atoms with Crippen molar-refractivity contribution >= 4 is 21.6 Å². The Labute approximate surface area is 180 Å². The van der Waals surface area contributed by atoms with Crippen LogP contribution in [0, 0.1) is 13.8 Å². The first-order valence-corrected chi connectivity index (χ1v) is 11.4. The van der Waals surface area contributed by atoms with Gasteiger partial charge in [0, 0.05) is 25.2 Å². The highest BCUT2D eigenvalue weighted by atomic mass is 32.2. The van der Waals surface area contributed by atoms with E-state index in [4.69, 9.17) is 9.15 Å². The molecule has 4 rings (SSSR count). The van der Waals surface area contributed by atoms with Crippen LogP contribution in [0.3, 0.4) is 0 Å². The Kier molecular flexibility index (Phi) is 5.79. The molecule has 0 aliphatic carbocycles. The lowest BCUT2D eigenvalue weighted by Gasteiger charge is -2.14. The average Bonchev–Trinajstić information content (AvgIpc) is 3.42. The van der Waals surface area contributed by atoms with Crippen LogP contribution in [-0.2, 0) is 10.0 Å². The molecule has 0 radical (unpaired) electrons. The molecule has 0 spiro atoms. The Morgan fingerprint density at radius 1 is 1.10 bits per heavy atom. The van der Waals surface area contributed by atoms with Crippen molar-refractivity contribution in [3.8, 4) is 11.6 Å². The number of hydrogen-bond acceptors (Lipinski definition) is 6. The summed E-state index contributed by atoms with van der Waals surface area (Å²) in [6.07, 6.45) is 3.12. The predicted molar refractivity (Wildman–Crippen MR) is 115 cm³/mol. The van der Waals surface area contributed by atoms with Gasteiger partial charge in [-0.15, -0.1) is 0 Å². The number of benzene rings is 1. The van der Waals surface area contributed by atoms with E-state index in [0.29, 0.717) is 30.4 Å². The van der Waals surface area contributed by atoms with Crippen molar-refractivity contribution in [2.45, 2.75) is 31.6 Å². The second kappa shape index (κ2) is 8.52. The van der Waals surface area contributed by atoms with E-state index in [1.807, 2.05) is 31.2 Å². The topological polar surface area (TPSA) is 102 Å². The summed E-state index contributed by atoms with van der Waals surface area (Å²) in [5.41, 5.74) is 1.56. The van der Waals surface area contributed by atoms with Crippen LogP contribution in [0.25, 0.3) is 0 Å². The summed E-state index contributed by atoms with van der Waals surface area (Å²) >= 11 is 0. The van der Waals surface area contributed by atoms with Crippen LogP contribution in [0.1, 0.15) is 34.7 Å². The van der Waals surface area contributed by atoms with E-state index in [1.165, 1.54) is 16.6 Å². The van der Waals surface area contributed by atoms with E-state index in [-0.39, 0.29) is 16.4 Å². The Balaban J connectivity index is 1.44. The van der Waals surface area contributed by atoms with Gasteiger partial charge in [0.25, 0.3) is 5.91 Å². The van der Waals surface area contributed by atoms with Crippen molar-refractivity contribution in [3.05, 3.63) is 65.7 Å². The Morgan fingerprint density at radius 2 is 1.81 bits per heavy atom. The third-order valence-corrected chi connectivity index (χ3v) is 7.02. The van der Waals surface area contributed by atoms with Crippen molar-refractivity contribution in [3.63, 3.8) is 0 Å². The Hall–Kier alpha value is -3.17. The molecule has 31 heavy (non-hydrogen) atoms. The molecule has 2 aromatic heterocycles. The maximum Gasteiger partial charge on any atom is 0.291 e. The molecule has 1 fully saturated rings. The normalized spacial score (nSPS) is 14.5. The SMILES string of the molecule is Cc1ccc(Oc2ccc(NC(=O)c3cc(S(=O)(=O)N4CCCC4)c(C)o3)cn2)cc1. The van der Waals surface area contributed by atoms with Crippen LogP contribution >= 0.6 is 0 Å². The van der Waals surface area contributed by atoms with Crippen molar-refractivity contribution in [1.29, 1.82) is 0 Å². The van der Waals surface area contributed by atoms with Gasteiger partial charge < -0.3 is 14.5 Å². The number of ether oxygens (including phenoxy) is 1. The van der Waals surface area contributed by atoms with Gasteiger partial charge in [-0.1, -0.05) is 17.7 Å². The molecule has 0 unspecified atom stereocenters. The van der Waals surface area contributed by atoms with Gasteiger partial charge in [0.05, 0.1) is 11.9 Å².